The summed E-state index contributed by atoms with van der Waals surface area (Å²) in [6, 6.07) is -1.31. The van der Waals surface area contributed by atoms with E-state index in [2.05, 4.69) is 10.3 Å². The zero-order valence-electron chi connectivity index (χ0n) is 12.7. The Hall–Kier alpha value is -2.36. The molecule has 23 heavy (non-hydrogen) atoms. The van der Waals surface area contributed by atoms with Crippen LogP contribution in [0.2, 0.25) is 0 Å². The number of carbonyl (C=O) groups is 3. The van der Waals surface area contributed by atoms with E-state index in [1.807, 2.05) is 0 Å². The average Bonchev–Trinajstić information content (AvgIpc) is 2.68. The average molecular weight is 341 g/mol. The molecule has 0 saturated carbocycles. The number of amides is 4. The predicted octanol–water partition coefficient (Wildman–Crippen LogP) is 1.03. The third-order valence-corrected chi connectivity index (χ3v) is 4.26. The Morgan fingerprint density at radius 2 is 2.09 bits per heavy atom. The van der Waals surface area contributed by atoms with Gasteiger partial charge < -0.3 is 21.1 Å². The van der Waals surface area contributed by atoms with Gasteiger partial charge in [-0.25, -0.2) is 19.4 Å². The van der Waals surface area contributed by atoms with Gasteiger partial charge >= 0.3 is 18.0 Å². The molecule has 126 valence electrons. The van der Waals surface area contributed by atoms with Crippen molar-refractivity contribution in [2.75, 3.05) is 18.4 Å². The maximum Gasteiger partial charge on any atom is 0.360 e. The second kappa shape index (κ2) is 7.27. The van der Waals surface area contributed by atoms with Crippen molar-refractivity contribution < 1.29 is 19.1 Å². The van der Waals surface area contributed by atoms with Crippen LogP contribution in [0.5, 0.6) is 0 Å². The van der Waals surface area contributed by atoms with Crippen LogP contribution in [0.1, 0.15) is 34.8 Å². The fourth-order valence-corrected chi connectivity index (χ4v) is 3.18. The fourth-order valence-electron chi connectivity index (χ4n) is 2.37. The molecule has 2 rings (SSSR count). The smallest absolute Gasteiger partial charge is 0.360 e. The summed E-state index contributed by atoms with van der Waals surface area (Å²) in [7, 11) is 0. The number of likely N-dealkylation sites (tertiary alicyclic amines) is 1. The molecular formula is C13H19N5O4S. The van der Waals surface area contributed by atoms with Gasteiger partial charge in [0.1, 0.15) is 11.1 Å². The molecule has 0 aliphatic carbocycles. The summed E-state index contributed by atoms with van der Waals surface area (Å²) >= 11 is 1.13. The van der Waals surface area contributed by atoms with Crippen molar-refractivity contribution in [1.82, 2.24) is 9.88 Å². The molecular weight excluding hydrogens is 322 g/mol. The number of anilines is 1. The van der Waals surface area contributed by atoms with Gasteiger partial charge in [0.05, 0.1) is 11.6 Å². The number of urea groups is 2. The molecule has 9 nitrogen and oxygen atoms in total. The van der Waals surface area contributed by atoms with Crippen LogP contribution in [0, 0.1) is 6.92 Å². The van der Waals surface area contributed by atoms with E-state index in [4.69, 9.17) is 16.2 Å². The number of thiazole rings is 1. The lowest BCUT2D eigenvalue weighted by molar-refractivity contribution is 0.0235. The van der Waals surface area contributed by atoms with Crippen LogP contribution >= 0.6 is 11.3 Å². The summed E-state index contributed by atoms with van der Waals surface area (Å²) in [6.07, 6.45) is 1.81. The molecule has 1 aromatic heterocycles. The largest absolute Gasteiger partial charge is 0.456 e. The number of nitrogens with two attached hydrogens (primary N) is 2. The zero-order chi connectivity index (χ0) is 17.0. The molecule has 1 aliphatic heterocycles. The number of aromatic nitrogens is 1. The van der Waals surface area contributed by atoms with Gasteiger partial charge in [-0.05, 0) is 26.2 Å². The van der Waals surface area contributed by atoms with E-state index in [0.29, 0.717) is 18.0 Å². The standard InChI is InChI=1S/C13H19N5O4S/c1-7-16-9(10(23-7)17-12(14)20)11(19)22-8-4-2-3-5-18(6-8)13(15)21/h8H,2-6H2,1H3,(H2,15,21)(H3,14,17,20). The van der Waals surface area contributed by atoms with Crippen molar-refractivity contribution in [3.05, 3.63) is 10.7 Å². The minimum absolute atomic E-state index is 0.0150. The normalized spacial score (nSPS) is 18.1. The molecule has 1 aliphatic rings. The highest BCUT2D eigenvalue weighted by molar-refractivity contribution is 7.16. The van der Waals surface area contributed by atoms with Crippen LogP contribution in [0.25, 0.3) is 0 Å². The summed E-state index contributed by atoms with van der Waals surface area (Å²) in [5.41, 5.74) is 10.4. The maximum atomic E-state index is 12.3. The topological polar surface area (TPSA) is 141 Å². The third-order valence-electron chi connectivity index (χ3n) is 3.38. The zero-order valence-corrected chi connectivity index (χ0v) is 13.5. The number of rotatable bonds is 3. The van der Waals surface area contributed by atoms with Crippen molar-refractivity contribution >= 4 is 34.4 Å². The maximum absolute atomic E-state index is 12.3. The summed E-state index contributed by atoms with van der Waals surface area (Å²) in [5.74, 6) is -0.658. The van der Waals surface area contributed by atoms with Crippen LogP contribution in [-0.2, 0) is 4.74 Å². The van der Waals surface area contributed by atoms with Crippen molar-refractivity contribution in [2.24, 2.45) is 11.5 Å². The first kappa shape index (κ1) is 17.0. The molecule has 1 unspecified atom stereocenters. The lowest BCUT2D eigenvalue weighted by Gasteiger charge is -2.22. The van der Waals surface area contributed by atoms with Crippen molar-refractivity contribution in [3.63, 3.8) is 0 Å². The van der Waals surface area contributed by atoms with E-state index < -0.39 is 24.1 Å². The number of primary amides is 2. The predicted molar refractivity (Wildman–Crippen MR) is 84.3 cm³/mol. The quantitative estimate of drug-likeness (QED) is 0.704. The molecule has 1 saturated heterocycles. The number of hydrogen-bond donors (Lipinski definition) is 3. The highest BCUT2D eigenvalue weighted by Crippen LogP contribution is 2.25. The molecule has 1 atom stereocenters. The van der Waals surface area contributed by atoms with Crippen molar-refractivity contribution in [1.29, 1.82) is 0 Å². The Morgan fingerprint density at radius 1 is 1.35 bits per heavy atom. The molecule has 0 aromatic carbocycles. The van der Waals surface area contributed by atoms with E-state index in [1.165, 1.54) is 4.90 Å². The second-order valence-corrected chi connectivity index (χ2v) is 6.41. The third kappa shape index (κ3) is 4.55. The van der Waals surface area contributed by atoms with Crippen molar-refractivity contribution in [3.8, 4) is 0 Å². The molecule has 0 radical (unpaired) electrons. The first-order valence-electron chi connectivity index (χ1n) is 7.16. The minimum Gasteiger partial charge on any atom is -0.456 e. The number of aryl methyl sites for hydroxylation is 1. The van der Waals surface area contributed by atoms with Gasteiger partial charge in [-0.15, -0.1) is 11.3 Å². The summed E-state index contributed by atoms with van der Waals surface area (Å²) < 4.78 is 5.44. The number of nitrogens with one attached hydrogen (secondary N) is 1. The Bertz CT molecular complexity index is 618. The summed E-state index contributed by atoms with van der Waals surface area (Å²) in [4.78, 5) is 40.2. The first-order valence-corrected chi connectivity index (χ1v) is 7.97. The number of hydrogen-bond acceptors (Lipinski definition) is 6. The van der Waals surface area contributed by atoms with Gasteiger partial charge in [0, 0.05) is 6.54 Å². The number of ether oxygens (including phenoxy) is 1. The SMILES string of the molecule is Cc1nc(C(=O)OC2CCCCN(C(N)=O)C2)c(NC(N)=O)s1. The Morgan fingerprint density at radius 3 is 2.74 bits per heavy atom. The number of carbonyl (C=O) groups excluding carboxylic acids is 3. The van der Waals surface area contributed by atoms with Crippen LogP contribution in [-0.4, -0.2) is 47.1 Å². The van der Waals surface area contributed by atoms with E-state index in [1.54, 1.807) is 6.92 Å². The van der Waals surface area contributed by atoms with Crippen LogP contribution in [0.15, 0.2) is 0 Å². The van der Waals surface area contributed by atoms with E-state index in [9.17, 15) is 14.4 Å². The number of nitrogens with zero attached hydrogens (tertiary/aromatic N) is 2. The van der Waals surface area contributed by atoms with Crippen LogP contribution in [0.4, 0.5) is 14.6 Å². The highest BCUT2D eigenvalue weighted by Gasteiger charge is 2.26. The molecule has 10 heteroatoms. The fraction of sp³-hybridized carbons (Fsp3) is 0.538. The molecule has 4 amide bonds. The number of esters is 1. The van der Waals surface area contributed by atoms with E-state index >= 15 is 0 Å². The first-order chi connectivity index (χ1) is 10.9. The van der Waals surface area contributed by atoms with Gasteiger partial charge in [0.25, 0.3) is 0 Å². The van der Waals surface area contributed by atoms with Crippen molar-refractivity contribution in [2.45, 2.75) is 32.3 Å². The van der Waals surface area contributed by atoms with E-state index in [0.717, 1.165) is 24.2 Å². The van der Waals surface area contributed by atoms with Gasteiger partial charge in [0.2, 0.25) is 0 Å². The highest BCUT2D eigenvalue weighted by atomic mass is 32.1. The lowest BCUT2D eigenvalue weighted by Crippen LogP contribution is -2.41. The van der Waals surface area contributed by atoms with Gasteiger partial charge in [-0.1, -0.05) is 0 Å². The molecule has 5 N–H and O–H groups in total. The molecule has 2 heterocycles. The van der Waals surface area contributed by atoms with Crippen LogP contribution in [0.3, 0.4) is 0 Å². The van der Waals surface area contributed by atoms with Gasteiger partial charge in [-0.2, -0.15) is 0 Å². The lowest BCUT2D eigenvalue weighted by atomic mass is 10.2. The van der Waals surface area contributed by atoms with Gasteiger partial charge in [-0.3, -0.25) is 5.32 Å². The second-order valence-electron chi connectivity index (χ2n) is 5.21. The Balaban J connectivity index is 2.08. The summed E-state index contributed by atoms with van der Waals surface area (Å²) in [5, 5.41) is 3.21. The molecule has 1 aromatic rings. The van der Waals surface area contributed by atoms with Gasteiger partial charge in [0.15, 0.2) is 5.69 Å². The Labute approximate surface area is 137 Å². The van der Waals surface area contributed by atoms with E-state index in [-0.39, 0.29) is 17.2 Å². The molecule has 1 fully saturated rings. The Kier molecular flexibility index (Phi) is 5.37. The summed E-state index contributed by atoms with van der Waals surface area (Å²) in [6.45, 7) is 2.50. The monoisotopic (exact) mass is 341 g/mol. The molecule has 0 spiro atoms. The molecule has 0 bridgehead atoms. The van der Waals surface area contributed by atoms with Crippen LogP contribution < -0.4 is 16.8 Å². The minimum atomic E-state index is -0.780.